The first-order valence-electron chi connectivity index (χ1n) is 10.4. The van der Waals surface area contributed by atoms with Gasteiger partial charge in [-0.2, -0.15) is 0 Å². The number of carbonyl (C=O) groups is 2. The molecule has 30 heavy (non-hydrogen) atoms. The third-order valence-corrected chi connectivity index (χ3v) is 5.71. The van der Waals surface area contributed by atoms with Crippen LogP contribution in [0.1, 0.15) is 47.6 Å². The third-order valence-electron chi connectivity index (χ3n) is 5.71. The van der Waals surface area contributed by atoms with Crippen LogP contribution in [0.2, 0.25) is 0 Å². The van der Waals surface area contributed by atoms with Gasteiger partial charge in [0.2, 0.25) is 11.8 Å². The Kier molecular flexibility index (Phi) is 5.66. The molecule has 0 spiro atoms. The molecule has 3 aromatic rings. The molecular formula is C26H26N2O2. The first-order valence-corrected chi connectivity index (χ1v) is 10.4. The minimum absolute atomic E-state index is 0.0233. The number of rotatable bonds is 4. The second kappa shape index (κ2) is 8.54. The molecule has 4 heteroatoms. The van der Waals surface area contributed by atoms with Crippen LogP contribution in [-0.4, -0.2) is 23.3 Å². The molecule has 3 aromatic carbocycles. The number of fused-ring (bicyclic) bond motifs is 1. The molecule has 1 heterocycles. The van der Waals surface area contributed by atoms with E-state index in [1.807, 2.05) is 86.6 Å². The van der Waals surface area contributed by atoms with Gasteiger partial charge >= 0.3 is 0 Å². The summed E-state index contributed by atoms with van der Waals surface area (Å²) in [5.74, 6) is -0.492. The molecule has 0 saturated heterocycles. The maximum atomic E-state index is 13.9. The molecule has 2 atom stereocenters. The molecule has 0 radical (unpaired) electrons. The van der Waals surface area contributed by atoms with Gasteiger partial charge in [0.15, 0.2) is 0 Å². The van der Waals surface area contributed by atoms with Gasteiger partial charge in [0, 0.05) is 11.3 Å². The maximum Gasteiger partial charge on any atom is 0.244 e. The molecule has 152 valence electrons. The Hall–Kier alpha value is -3.40. The van der Waals surface area contributed by atoms with E-state index in [-0.39, 0.29) is 30.3 Å². The fraction of sp³-hybridized carbons (Fsp3) is 0.231. The summed E-state index contributed by atoms with van der Waals surface area (Å²) in [4.78, 5) is 28.4. The van der Waals surface area contributed by atoms with Crippen LogP contribution in [0, 0.1) is 6.92 Å². The van der Waals surface area contributed by atoms with Crippen molar-refractivity contribution in [1.29, 1.82) is 0 Å². The summed E-state index contributed by atoms with van der Waals surface area (Å²) < 4.78 is 0. The van der Waals surface area contributed by atoms with Gasteiger partial charge in [0.05, 0.1) is 12.0 Å². The van der Waals surface area contributed by atoms with Crippen LogP contribution in [-0.2, 0) is 9.59 Å². The van der Waals surface area contributed by atoms with Gasteiger partial charge in [-0.1, -0.05) is 85.3 Å². The number of hydrogen-bond acceptors (Lipinski definition) is 2. The normalized spacial score (nSPS) is 16.9. The van der Waals surface area contributed by atoms with E-state index in [9.17, 15) is 9.59 Å². The number of amides is 2. The Balaban J connectivity index is 1.85. The average Bonchev–Trinajstić information content (AvgIpc) is 2.91. The van der Waals surface area contributed by atoms with Crippen molar-refractivity contribution in [3.8, 4) is 0 Å². The minimum atomic E-state index is -0.328. The van der Waals surface area contributed by atoms with Crippen molar-refractivity contribution in [3.05, 3.63) is 101 Å². The van der Waals surface area contributed by atoms with Crippen molar-refractivity contribution in [2.24, 2.45) is 0 Å². The number of benzene rings is 3. The highest BCUT2D eigenvalue weighted by Gasteiger charge is 2.36. The summed E-state index contributed by atoms with van der Waals surface area (Å²) in [6.07, 6.45) is 0.670. The lowest BCUT2D eigenvalue weighted by atomic mass is 9.91. The third kappa shape index (κ3) is 3.86. The van der Waals surface area contributed by atoms with Crippen molar-refractivity contribution in [2.75, 3.05) is 11.9 Å². The molecule has 0 saturated carbocycles. The lowest BCUT2D eigenvalue weighted by Gasteiger charge is -2.33. The van der Waals surface area contributed by atoms with Crippen LogP contribution in [0.15, 0.2) is 78.9 Å². The van der Waals surface area contributed by atoms with E-state index in [4.69, 9.17) is 0 Å². The molecule has 0 aliphatic carbocycles. The molecule has 4 rings (SSSR count). The molecule has 1 aliphatic heterocycles. The van der Waals surface area contributed by atoms with E-state index in [0.717, 1.165) is 27.9 Å². The topological polar surface area (TPSA) is 49.4 Å². The van der Waals surface area contributed by atoms with Crippen molar-refractivity contribution in [1.82, 2.24) is 4.90 Å². The SMILES string of the molecule is CCC(C(=O)N1CC(=O)Nc2ccc(C)cc2C1c1ccccc1)c1ccccc1. The Morgan fingerprint density at radius 3 is 2.37 bits per heavy atom. The van der Waals surface area contributed by atoms with Crippen LogP contribution < -0.4 is 5.32 Å². The second-order valence-corrected chi connectivity index (χ2v) is 7.79. The number of aryl methyl sites for hydroxylation is 1. The van der Waals surface area contributed by atoms with Crippen LogP contribution in [0.3, 0.4) is 0 Å². The van der Waals surface area contributed by atoms with Gasteiger partial charge in [-0.05, 0) is 30.5 Å². The van der Waals surface area contributed by atoms with Gasteiger partial charge in [0.1, 0.15) is 6.54 Å². The van der Waals surface area contributed by atoms with Gasteiger partial charge in [-0.3, -0.25) is 9.59 Å². The zero-order valence-corrected chi connectivity index (χ0v) is 17.3. The quantitative estimate of drug-likeness (QED) is 0.668. The Bertz CT molecular complexity index is 1050. The largest absolute Gasteiger partial charge is 0.324 e. The summed E-state index contributed by atoms with van der Waals surface area (Å²) in [6.45, 7) is 4.07. The molecule has 2 unspecified atom stereocenters. The first-order chi connectivity index (χ1) is 14.6. The van der Waals surface area contributed by atoms with Crippen LogP contribution in [0.5, 0.6) is 0 Å². The minimum Gasteiger partial charge on any atom is -0.324 e. The first kappa shape index (κ1) is 19.9. The van der Waals surface area contributed by atoms with E-state index in [1.165, 1.54) is 0 Å². The highest BCUT2D eigenvalue weighted by atomic mass is 16.2. The molecule has 2 amide bonds. The Morgan fingerprint density at radius 2 is 1.70 bits per heavy atom. The molecule has 1 N–H and O–H groups in total. The smallest absolute Gasteiger partial charge is 0.244 e. The van der Waals surface area contributed by atoms with Crippen molar-refractivity contribution in [2.45, 2.75) is 32.2 Å². The van der Waals surface area contributed by atoms with Gasteiger partial charge in [0.25, 0.3) is 0 Å². The van der Waals surface area contributed by atoms with E-state index >= 15 is 0 Å². The van der Waals surface area contributed by atoms with Crippen LogP contribution >= 0.6 is 0 Å². The van der Waals surface area contributed by atoms with Crippen LogP contribution in [0.25, 0.3) is 0 Å². The average molecular weight is 399 g/mol. The Morgan fingerprint density at radius 1 is 1.03 bits per heavy atom. The monoisotopic (exact) mass is 398 g/mol. The lowest BCUT2D eigenvalue weighted by Crippen LogP contribution is -2.41. The highest BCUT2D eigenvalue weighted by molar-refractivity contribution is 5.98. The van der Waals surface area contributed by atoms with E-state index in [2.05, 4.69) is 11.4 Å². The zero-order chi connectivity index (χ0) is 21.1. The summed E-state index contributed by atoms with van der Waals surface area (Å²) in [5.41, 5.74) is 4.78. The number of nitrogens with one attached hydrogen (secondary N) is 1. The molecular weight excluding hydrogens is 372 g/mol. The van der Waals surface area contributed by atoms with Crippen molar-refractivity contribution < 1.29 is 9.59 Å². The number of anilines is 1. The summed E-state index contributed by atoms with van der Waals surface area (Å²) in [6, 6.07) is 25.4. The predicted octanol–water partition coefficient (Wildman–Crippen LogP) is 5.06. The summed E-state index contributed by atoms with van der Waals surface area (Å²) >= 11 is 0. The predicted molar refractivity (Wildman–Crippen MR) is 119 cm³/mol. The fourth-order valence-electron chi connectivity index (χ4n) is 4.26. The standard InChI is InChI=1S/C26H26N2O2/c1-3-21(19-10-6-4-7-11-19)26(30)28-17-24(29)27-23-15-14-18(2)16-22(23)25(28)20-12-8-5-9-13-20/h4-16,21,25H,3,17H2,1-2H3,(H,27,29). The lowest BCUT2D eigenvalue weighted by molar-refractivity contribution is -0.137. The van der Waals surface area contributed by atoms with Gasteiger partial charge in [-0.15, -0.1) is 0 Å². The van der Waals surface area contributed by atoms with E-state index < -0.39 is 0 Å². The molecule has 0 bridgehead atoms. The fourth-order valence-corrected chi connectivity index (χ4v) is 4.26. The van der Waals surface area contributed by atoms with Crippen molar-refractivity contribution in [3.63, 3.8) is 0 Å². The molecule has 0 fully saturated rings. The van der Waals surface area contributed by atoms with E-state index in [1.54, 1.807) is 4.90 Å². The van der Waals surface area contributed by atoms with Crippen molar-refractivity contribution >= 4 is 17.5 Å². The zero-order valence-electron chi connectivity index (χ0n) is 17.3. The molecule has 1 aliphatic rings. The van der Waals surface area contributed by atoms with Gasteiger partial charge < -0.3 is 10.2 Å². The van der Waals surface area contributed by atoms with Gasteiger partial charge in [-0.25, -0.2) is 0 Å². The maximum absolute atomic E-state index is 13.9. The summed E-state index contributed by atoms with van der Waals surface area (Å²) in [7, 11) is 0. The van der Waals surface area contributed by atoms with Crippen LogP contribution in [0.4, 0.5) is 5.69 Å². The number of nitrogens with zero attached hydrogens (tertiary/aromatic N) is 1. The van der Waals surface area contributed by atoms with E-state index in [0.29, 0.717) is 6.42 Å². The molecule has 4 nitrogen and oxygen atoms in total. The second-order valence-electron chi connectivity index (χ2n) is 7.79. The Labute approximate surface area is 177 Å². The number of hydrogen-bond donors (Lipinski definition) is 1. The summed E-state index contributed by atoms with van der Waals surface area (Å²) in [5, 5.41) is 3.00. The molecule has 0 aromatic heterocycles. The highest BCUT2D eigenvalue weighted by Crippen LogP contribution is 2.38. The number of carbonyl (C=O) groups excluding carboxylic acids is 2.